The zero-order valence-corrected chi connectivity index (χ0v) is 12.9. The van der Waals surface area contributed by atoms with Crippen LogP contribution in [0.5, 0.6) is 0 Å². The number of nitrogens with one attached hydrogen (secondary N) is 1. The second-order valence-corrected chi connectivity index (χ2v) is 6.17. The smallest absolute Gasteiger partial charge is 0.0237 e. The Labute approximate surface area is 119 Å². The van der Waals surface area contributed by atoms with Crippen molar-refractivity contribution in [1.29, 1.82) is 0 Å². The molecule has 0 bridgehead atoms. The van der Waals surface area contributed by atoms with Gasteiger partial charge in [-0.2, -0.15) is 0 Å². The van der Waals surface area contributed by atoms with Crippen molar-refractivity contribution < 1.29 is 0 Å². The first-order valence-corrected chi connectivity index (χ1v) is 7.70. The summed E-state index contributed by atoms with van der Waals surface area (Å²) in [6.07, 6.45) is 2.45. The lowest BCUT2D eigenvalue weighted by Gasteiger charge is -2.28. The number of nitrogens with zero attached hydrogens (tertiary/aromatic N) is 1. The third kappa shape index (κ3) is 3.81. The number of rotatable bonds is 3. The molecule has 0 aromatic heterocycles. The highest BCUT2D eigenvalue weighted by atomic mass is 79.9. The van der Waals surface area contributed by atoms with Gasteiger partial charge in [-0.3, -0.25) is 4.90 Å². The Morgan fingerprint density at radius 1 is 1.44 bits per heavy atom. The lowest BCUT2D eigenvalue weighted by atomic mass is 10.1. The number of hydrogen-bond donors (Lipinski definition) is 1. The molecule has 1 aromatic carbocycles. The van der Waals surface area contributed by atoms with Crippen LogP contribution >= 0.6 is 15.9 Å². The molecule has 1 heterocycles. The molecular formula is C15H23BrN2. The van der Waals surface area contributed by atoms with E-state index in [1.807, 2.05) is 0 Å². The maximum Gasteiger partial charge on any atom is 0.0237 e. The summed E-state index contributed by atoms with van der Waals surface area (Å²) in [4.78, 5) is 2.61. The Kier molecular flexibility index (Phi) is 5.22. The third-order valence-electron chi connectivity index (χ3n) is 3.84. The van der Waals surface area contributed by atoms with Crippen LogP contribution in [0.2, 0.25) is 0 Å². The van der Waals surface area contributed by atoms with Crippen molar-refractivity contribution in [2.45, 2.75) is 45.3 Å². The maximum atomic E-state index is 3.64. The summed E-state index contributed by atoms with van der Waals surface area (Å²) in [5.41, 5.74) is 1.40. The fourth-order valence-electron chi connectivity index (χ4n) is 2.57. The molecule has 1 N–H and O–H groups in total. The molecule has 0 spiro atoms. The molecule has 1 aliphatic heterocycles. The van der Waals surface area contributed by atoms with Crippen LogP contribution in [0.15, 0.2) is 28.7 Å². The lowest BCUT2D eigenvalue weighted by Crippen LogP contribution is -2.39. The van der Waals surface area contributed by atoms with E-state index in [2.05, 4.69) is 64.3 Å². The van der Waals surface area contributed by atoms with Crippen LogP contribution in [-0.2, 0) is 6.54 Å². The van der Waals surface area contributed by atoms with Gasteiger partial charge in [-0.25, -0.2) is 0 Å². The van der Waals surface area contributed by atoms with Crippen molar-refractivity contribution in [3.05, 3.63) is 34.3 Å². The second-order valence-electron chi connectivity index (χ2n) is 5.26. The lowest BCUT2D eigenvalue weighted by molar-refractivity contribution is 0.194. The van der Waals surface area contributed by atoms with Crippen LogP contribution < -0.4 is 5.32 Å². The van der Waals surface area contributed by atoms with Crippen LogP contribution in [0.25, 0.3) is 0 Å². The minimum absolute atomic E-state index is 0.641. The second kappa shape index (κ2) is 6.69. The van der Waals surface area contributed by atoms with E-state index < -0.39 is 0 Å². The largest absolute Gasteiger partial charge is 0.313 e. The Bertz CT molecular complexity index is 381. The summed E-state index contributed by atoms with van der Waals surface area (Å²) in [5, 5.41) is 3.64. The van der Waals surface area contributed by atoms with E-state index in [0.717, 1.165) is 19.6 Å². The molecule has 1 fully saturated rings. The molecule has 3 heteroatoms. The average molecular weight is 311 g/mol. The minimum Gasteiger partial charge on any atom is -0.313 e. The van der Waals surface area contributed by atoms with Crippen LogP contribution in [-0.4, -0.2) is 30.1 Å². The Balaban J connectivity index is 2.05. The van der Waals surface area contributed by atoms with Crippen LogP contribution in [0.3, 0.4) is 0 Å². The fraction of sp³-hybridized carbons (Fsp3) is 0.600. The first-order valence-electron chi connectivity index (χ1n) is 6.91. The van der Waals surface area contributed by atoms with Gasteiger partial charge >= 0.3 is 0 Å². The molecule has 2 atom stereocenters. The summed E-state index contributed by atoms with van der Waals surface area (Å²) in [6.45, 7) is 7.97. The monoisotopic (exact) mass is 310 g/mol. The maximum absolute atomic E-state index is 3.64. The zero-order chi connectivity index (χ0) is 13.0. The molecule has 100 valence electrons. The normalized spacial score (nSPS) is 25.9. The molecule has 2 rings (SSSR count). The molecule has 0 saturated carbocycles. The van der Waals surface area contributed by atoms with E-state index in [1.165, 1.54) is 22.9 Å². The van der Waals surface area contributed by atoms with Gasteiger partial charge in [0.2, 0.25) is 0 Å². The quantitative estimate of drug-likeness (QED) is 0.920. The van der Waals surface area contributed by atoms with Crippen molar-refractivity contribution in [1.82, 2.24) is 10.2 Å². The minimum atomic E-state index is 0.641. The SMILES string of the molecule is CCC1CN(Cc2cccc(Br)c2)C(C)CCN1. The first-order chi connectivity index (χ1) is 8.69. The number of halogens is 1. The van der Waals surface area contributed by atoms with Crippen molar-refractivity contribution in [2.75, 3.05) is 13.1 Å². The van der Waals surface area contributed by atoms with E-state index in [0.29, 0.717) is 12.1 Å². The van der Waals surface area contributed by atoms with Gasteiger partial charge in [0, 0.05) is 29.6 Å². The van der Waals surface area contributed by atoms with E-state index >= 15 is 0 Å². The van der Waals surface area contributed by atoms with Gasteiger partial charge in [0.1, 0.15) is 0 Å². The molecule has 0 radical (unpaired) electrons. The van der Waals surface area contributed by atoms with Crippen LogP contribution in [0.4, 0.5) is 0 Å². The molecule has 2 unspecified atom stereocenters. The summed E-state index contributed by atoms with van der Waals surface area (Å²) in [7, 11) is 0. The van der Waals surface area contributed by atoms with Crippen molar-refractivity contribution in [2.24, 2.45) is 0 Å². The van der Waals surface area contributed by atoms with Gasteiger partial charge in [0.15, 0.2) is 0 Å². The molecule has 18 heavy (non-hydrogen) atoms. The van der Waals surface area contributed by atoms with Gasteiger partial charge in [-0.05, 0) is 44.0 Å². The topological polar surface area (TPSA) is 15.3 Å². The van der Waals surface area contributed by atoms with E-state index in [-0.39, 0.29) is 0 Å². The van der Waals surface area contributed by atoms with Crippen molar-refractivity contribution in [3.63, 3.8) is 0 Å². The first kappa shape index (κ1) is 14.0. The molecule has 2 nitrogen and oxygen atoms in total. The molecular weight excluding hydrogens is 288 g/mol. The van der Waals surface area contributed by atoms with Crippen LogP contribution in [0, 0.1) is 0 Å². The average Bonchev–Trinajstić information content (AvgIpc) is 2.52. The fourth-order valence-corrected chi connectivity index (χ4v) is 3.02. The summed E-state index contributed by atoms with van der Waals surface area (Å²) < 4.78 is 1.17. The molecule has 1 aliphatic rings. The highest BCUT2D eigenvalue weighted by Crippen LogP contribution is 2.17. The predicted octanol–water partition coefficient (Wildman–Crippen LogP) is 3.41. The zero-order valence-electron chi connectivity index (χ0n) is 11.3. The Morgan fingerprint density at radius 2 is 2.28 bits per heavy atom. The third-order valence-corrected chi connectivity index (χ3v) is 4.33. The Morgan fingerprint density at radius 3 is 3.00 bits per heavy atom. The van der Waals surface area contributed by atoms with Gasteiger partial charge in [-0.1, -0.05) is 35.0 Å². The van der Waals surface area contributed by atoms with E-state index in [4.69, 9.17) is 0 Å². The molecule has 1 aromatic rings. The number of hydrogen-bond acceptors (Lipinski definition) is 2. The highest BCUT2D eigenvalue weighted by Gasteiger charge is 2.21. The van der Waals surface area contributed by atoms with Crippen molar-refractivity contribution in [3.8, 4) is 0 Å². The van der Waals surface area contributed by atoms with Crippen molar-refractivity contribution >= 4 is 15.9 Å². The molecule has 0 amide bonds. The van der Waals surface area contributed by atoms with E-state index in [9.17, 15) is 0 Å². The van der Waals surface area contributed by atoms with Gasteiger partial charge in [0.25, 0.3) is 0 Å². The summed E-state index contributed by atoms with van der Waals surface area (Å²) in [6, 6.07) is 9.96. The standard InChI is InChI=1S/C15H23BrN2/c1-3-15-11-18(12(2)7-8-17-15)10-13-5-4-6-14(16)9-13/h4-6,9,12,15,17H,3,7-8,10-11H2,1-2H3. The predicted molar refractivity (Wildman–Crippen MR) is 80.7 cm³/mol. The highest BCUT2D eigenvalue weighted by molar-refractivity contribution is 9.10. The van der Waals surface area contributed by atoms with Crippen LogP contribution in [0.1, 0.15) is 32.3 Å². The van der Waals surface area contributed by atoms with Gasteiger partial charge in [0.05, 0.1) is 0 Å². The summed E-state index contributed by atoms with van der Waals surface area (Å²) in [5.74, 6) is 0. The molecule has 0 aliphatic carbocycles. The summed E-state index contributed by atoms with van der Waals surface area (Å²) >= 11 is 3.55. The van der Waals surface area contributed by atoms with Gasteiger partial charge in [-0.15, -0.1) is 0 Å². The van der Waals surface area contributed by atoms with Gasteiger partial charge < -0.3 is 5.32 Å². The molecule has 1 saturated heterocycles. The van der Waals surface area contributed by atoms with E-state index in [1.54, 1.807) is 0 Å². The Hall–Kier alpha value is -0.380. The number of benzene rings is 1.